The van der Waals surface area contributed by atoms with Gasteiger partial charge in [0.25, 0.3) is 0 Å². The summed E-state index contributed by atoms with van der Waals surface area (Å²) in [5.41, 5.74) is 0.318. The smallest absolute Gasteiger partial charge is 0.305 e. The Hall–Kier alpha value is -1.22. The quantitative estimate of drug-likeness (QED) is 0.396. The molecule has 20 heavy (non-hydrogen) atoms. The van der Waals surface area contributed by atoms with Gasteiger partial charge in [0.15, 0.2) is 5.78 Å². The van der Waals surface area contributed by atoms with Crippen LogP contribution in [0.25, 0.3) is 0 Å². The number of ketones is 1. The second-order valence-corrected chi connectivity index (χ2v) is 6.24. The summed E-state index contributed by atoms with van der Waals surface area (Å²) in [5, 5.41) is 0.312. The maximum Gasteiger partial charge on any atom is 0.362 e. The lowest BCUT2D eigenvalue weighted by Crippen LogP contribution is -2.18. The van der Waals surface area contributed by atoms with Gasteiger partial charge < -0.3 is 9.05 Å². The Balaban J connectivity index is 3.22. The van der Waals surface area contributed by atoms with Crippen LogP contribution in [0.15, 0.2) is 36.9 Å². The summed E-state index contributed by atoms with van der Waals surface area (Å²) in [5.74, 6) is -0.291. The van der Waals surface area contributed by atoms with Gasteiger partial charge in [-0.05, 0) is 25.0 Å². The average Bonchev–Trinajstić information content (AvgIpc) is 2.50. The summed E-state index contributed by atoms with van der Waals surface area (Å²) in [4.78, 5) is 11.9. The summed E-state index contributed by atoms with van der Waals surface area (Å²) >= 11 is 0. The molecule has 0 aliphatic heterocycles. The molecule has 0 N–H and O–H groups in total. The topological polar surface area (TPSA) is 52.6 Å². The van der Waals surface area contributed by atoms with E-state index in [0.29, 0.717) is 24.1 Å². The molecule has 0 radical (unpaired) electrons. The predicted octanol–water partition coefficient (Wildman–Crippen LogP) is 3.73. The lowest BCUT2D eigenvalue weighted by molar-refractivity contribution is 0.104. The van der Waals surface area contributed by atoms with Crippen molar-refractivity contribution in [3.05, 3.63) is 42.5 Å². The minimum absolute atomic E-state index is 0.291. The van der Waals surface area contributed by atoms with Crippen LogP contribution in [0, 0.1) is 0 Å². The van der Waals surface area contributed by atoms with E-state index < -0.39 is 7.60 Å². The van der Waals surface area contributed by atoms with Crippen molar-refractivity contribution < 1.29 is 18.4 Å². The van der Waals surface area contributed by atoms with Gasteiger partial charge >= 0.3 is 7.60 Å². The highest BCUT2D eigenvalue weighted by Gasteiger charge is 2.31. The van der Waals surface area contributed by atoms with Crippen molar-refractivity contribution in [1.82, 2.24) is 0 Å². The number of hydrogen-bond donors (Lipinski definition) is 0. The first kappa shape index (κ1) is 16.8. The zero-order valence-electron chi connectivity index (χ0n) is 12.0. The number of rotatable bonds is 9. The van der Waals surface area contributed by atoms with Gasteiger partial charge in [0.05, 0.1) is 18.5 Å². The fourth-order valence-electron chi connectivity index (χ4n) is 1.63. The lowest BCUT2D eigenvalue weighted by Gasteiger charge is -2.20. The lowest BCUT2D eigenvalue weighted by atomic mass is 10.1. The molecule has 1 rings (SSSR count). The first-order valence-corrected chi connectivity index (χ1v) is 8.28. The highest BCUT2D eigenvalue weighted by atomic mass is 31.2. The molecule has 0 heterocycles. The first-order valence-electron chi connectivity index (χ1n) is 6.74. The third kappa shape index (κ3) is 4.14. The van der Waals surface area contributed by atoms with E-state index in [0.717, 1.165) is 12.8 Å². The third-order valence-electron chi connectivity index (χ3n) is 2.58. The Kier molecular flexibility index (Phi) is 6.86. The fraction of sp³-hybridized carbons (Fsp3) is 0.400. The number of allylic oxidation sites excluding steroid dienone is 1. The van der Waals surface area contributed by atoms with E-state index in [1.54, 1.807) is 24.3 Å². The van der Waals surface area contributed by atoms with Gasteiger partial charge in [-0.1, -0.05) is 38.6 Å². The van der Waals surface area contributed by atoms with E-state index in [-0.39, 0.29) is 5.78 Å². The molecule has 0 fully saturated rings. The minimum atomic E-state index is -3.48. The Morgan fingerprint density at radius 3 is 2.25 bits per heavy atom. The van der Waals surface area contributed by atoms with Crippen LogP contribution in [-0.4, -0.2) is 19.0 Å². The number of hydrogen-bond acceptors (Lipinski definition) is 4. The van der Waals surface area contributed by atoms with Crippen LogP contribution in [0.4, 0.5) is 0 Å². The van der Waals surface area contributed by atoms with Gasteiger partial charge in [0.2, 0.25) is 0 Å². The molecule has 1 aromatic rings. The van der Waals surface area contributed by atoms with Gasteiger partial charge in [-0.3, -0.25) is 9.36 Å². The van der Waals surface area contributed by atoms with Crippen molar-refractivity contribution in [2.24, 2.45) is 0 Å². The number of benzene rings is 1. The van der Waals surface area contributed by atoms with E-state index in [2.05, 4.69) is 6.58 Å². The second-order valence-electron chi connectivity index (χ2n) is 4.25. The Morgan fingerprint density at radius 2 is 1.75 bits per heavy atom. The number of carbonyl (C=O) groups is 1. The van der Waals surface area contributed by atoms with Crippen LogP contribution in [0.3, 0.4) is 0 Å². The van der Waals surface area contributed by atoms with Gasteiger partial charge in [-0.2, -0.15) is 0 Å². The largest absolute Gasteiger partial charge is 0.362 e. The van der Waals surface area contributed by atoms with Crippen LogP contribution in [0.1, 0.15) is 37.0 Å². The summed E-state index contributed by atoms with van der Waals surface area (Å²) in [6.07, 6.45) is 2.64. The van der Waals surface area contributed by atoms with E-state index >= 15 is 0 Å². The van der Waals surface area contributed by atoms with Crippen LogP contribution >= 0.6 is 7.60 Å². The SMILES string of the molecule is C=CC(=O)c1ccccc1P(=O)(OCCC)OCCC. The van der Waals surface area contributed by atoms with Crippen molar-refractivity contribution in [2.45, 2.75) is 26.7 Å². The van der Waals surface area contributed by atoms with Crippen LogP contribution in [0.5, 0.6) is 0 Å². The zero-order valence-corrected chi connectivity index (χ0v) is 12.9. The van der Waals surface area contributed by atoms with Crippen LogP contribution < -0.4 is 5.30 Å². The molecule has 0 unspecified atom stereocenters. The molecule has 110 valence electrons. The van der Waals surface area contributed by atoms with Gasteiger partial charge in [0, 0.05) is 5.56 Å². The third-order valence-corrected chi connectivity index (χ3v) is 4.61. The summed E-state index contributed by atoms with van der Waals surface area (Å²) in [6.45, 7) is 7.94. The molecule has 0 aliphatic rings. The first-order chi connectivity index (χ1) is 9.59. The molecule has 5 heteroatoms. The molecular formula is C15H21O4P. The van der Waals surface area contributed by atoms with Crippen molar-refractivity contribution in [3.8, 4) is 0 Å². The zero-order chi connectivity index (χ0) is 15.0. The molecule has 0 bridgehead atoms. The monoisotopic (exact) mass is 296 g/mol. The summed E-state index contributed by atoms with van der Waals surface area (Å²) in [7, 11) is -3.48. The molecule has 0 aromatic heterocycles. The Labute approximate surface area is 120 Å². The standard InChI is InChI=1S/C15H21O4P/c1-4-11-18-20(17,19-12-5-2)15-10-8-7-9-13(15)14(16)6-3/h6-10H,3-5,11-12H2,1-2H3. The van der Waals surface area contributed by atoms with Crippen molar-refractivity contribution in [1.29, 1.82) is 0 Å². The number of carbonyl (C=O) groups excluding carboxylic acids is 1. The van der Waals surface area contributed by atoms with Gasteiger partial charge in [0.1, 0.15) is 0 Å². The Bertz CT molecular complexity index is 498. The predicted molar refractivity (Wildman–Crippen MR) is 80.7 cm³/mol. The van der Waals surface area contributed by atoms with Crippen molar-refractivity contribution >= 4 is 18.7 Å². The summed E-state index contributed by atoms with van der Waals surface area (Å²) < 4.78 is 23.8. The molecule has 0 saturated heterocycles. The summed E-state index contributed by atoms with van der Waals surface area (Å²) in [6, 6.07) is 6.65. The van der Waals surface area contributed by atoms with Gasteiger partial charge in [-0.25, -0.2) is 0 Å². The molecule has 0 saturated carbocycles. The molecule has 0 aliphatic carbocycles. The Morgan fingerprint density at radius 1 is 1.20 bits per heavy atom. The van der Waals surface area contributed by atoms with E-state index in [4.69, 9.17) is 9.05 Å². The van der Waals surface area contributed by atoms with E-state index in [1.165, 1.54) is 6.08 Å². The van der Waals surface area contributed by atoms with Crippen molar-refractivity contribution in [3.63, 3.8) is 0 Å². The minimum Gasteiger partial charge on any atom is -0.305 e. The van der Waals surface area contributed by atoms with E-state index in [9.17, 15) is 9.36 Å². The maximum atomic E-state index is 12.9. The van der Waals surface area contributed by atoms with Crippen LogP contribution in [-0.2, 0) is 13.6 Å². The fourth-order valence-corrected chi connectivity index (χ4v) is 3.58. The van der Waals surface area contributed by atoms with Crippen molar-refractivity contribution in [2.75, 3.05) is 13.2 Å². The van der Waals surface area contributed by atoms with Crippen LogP contribution in [0.2, 0.25) is 0 Å². The average molecular weight is 296 g/mol. The normalized spacial score (nSPS) is 11.3. The van der Waals surface area contributed by atoms with E-state index in [1.807, 2.05) is 13.8 Å². The molecule has 4 nitrogen and oxygen atoms in total. The molecule has 0 amide bonds. The molecule has 0 spiro atoms. The molecular weight excluding hydrogens is 275 g/mol. The molecule has 1 aromatic carbocycles. The maximum absolute atomic E-state index is 12.9. The highest BCUT2D eigenvalue weighted by Crippen LogP contribution is 2.48. The van der Waals surface area contributed by atoms with Gasteiger partial charge in [-0.15, -0.1) is 0 Å². The second kappa shape index (κ2) is 8.15. The molecule has 0 atom stereocenters. The highest BCUT2D eigenvalue weighted by molar-refractivity contribution is 7.62.